The number of nitrogens with zero attached hydrogens (tertiary/aromatic N) is 1. The Hall–Kier alpha value is -0.250. The molecule has 0 spiro atoms. The maximum absolute atomic E-state index is 6.34. The standard InChI is InChI=1S/C14H20BrClN2/c1-9(2)13-8-18(10(3)7-17-13)14-6-11(15)4-5-12(14)16/h4-6,9-10,13,17H,7-8H2,1-3H3. The van der Waals surface area contributed by atoms with Crippen LogP contribution in [0.4, 0.5) is 5.69 Å². The van der Waals surface area contributed by atoms with Crippen LogP contribution in [0.2, 0.25) is 5.02 Å². The molecule has 1 heterocycles. The van der Waals surface area contributed by atoms with Gasteiger partial charge >= 0.3 is 0 Å². The summed E-state index contributed by atoms with van der Waals surface area (Å²) >= 11 is 9.87. The van der Waals surface area contributed by atoms with Crippen molar-refractivity contribution in [3.8, 4) is 0 Å². The molecule has 100 valence electrons. The summed E-state index contributed by atoms with van der Waals surface area (Å²) in [6, 6.07) is 7.04. The van der Waals surface area contributed by atoms with E-state index in [4.69, 9.17) is 11.6 Å². The summed E-state index contributed by atoms with van der Waals surface area (Å²) < 4.78 is 1.08. The van der Waals surface area contributed by atoms with Gasteiger partial charge in [0.15, 0.2) is 0 Å². The van der Waals surface area contributed by atoms with Crippen LogP contribution in [-0.4, -0.2) is 25.2 Å². The van der Waals surface area contributed by atoms with E-state index in [-0.39, 0.29) is 0 Å². The molecule has 2 nitrogen and oxygen atoms in total. The van der Waals surface area contributed by atoms with Crippen LogP contribution in [0.15, 0.2) is 22.7 Å². The van der Waals surface area contributed by atoms with Crippen LogP contribution in [0.3, 0.4) is 0 Å². The zero-order valence-electron chi connectivity index (χ0n) is 11.1. The lowest BCUT2D eigenvalue weighted by Gasteiger charge is -2.42. The number of rotatable bonds is 2. The molecule has 1 fully saturated rings. The van der Waals surface area contributed by atoms with Crippen LogP contribution in [0.25, 0.3) is 0 Å². The van der Waals surface area contributed by atoms with Gasteiger partial charge in [-0.05, 0) is 31.0 Å². The monoisotopic (exact) mass is 330 g/mol. The molecule has 2 atom stereocenters. The fourth-order valence-electron chi connectivity index (χ4n) is 2.38. The number of nitrogens with one attached hydrogen (secondary N) is 1. The van der Waals surface area contributed by atoms with Crippen LogP contribution in [-0.2, 0) is 0 Å². The summed E-state index contributed by atoms with van der Waals surface area (Å²) in [5.41, 5.74) is 1.13. The van der Waals surface area contributed by atoms with E-state index >= 15 is 0 Å². The molecule has 1 aliphatic rings. The van der Waals surface area contributed by atoms with E-state index in [1.54, 1.807) is 0 Å². The molecular weight excluding hydrogens is 312 g/mol. The zero-order chi connectivity index (χ0) is 13.3. The number of hydrogen-bond acceptors (Lipinski definition) is 2. The summed E-state index contributed by atoms with van der Waals surface area (Å²) in [6.45, 7) is 8.77. The first-order chi connectivity index (χ1) is 8.49. The largest absolute Gasteiger partial charge is 0.365 e. The quantitative estimate of drug-likeness (QED) is 0.883. The lowest BCUT2D eigenvalue weighted by atomic mass is 9.99. The van der Waals surface area contributed by atoms with Crippen molar-refractivity contribution in [2.45, 2.75) is 32.9 Å². The number of halogens is 2. The van der Waals surface area contributed by atoms with E-state index in [0.717, 1.165) is 28.3 Å². The number of hydrogen-bond donors (Lipinski definition) is 1. The minimum Gasteiger partial charge on any atom is -0.365 e. The second-order valence-electron chi connectivity index (χ2n) is 5.36. The van der Waals surface area contributed by atoms with Gasteiger partial charge in [-0.2, -0.15) is 0 Å². The van der Waals surface area contributed by atoms with Crippen molar-refractivity contribution in [1.29, 1.82) is 0 Å². The second-order valence-corrected chi connectivity index (χ2v) is 6.68. The molecule has 0 amide bonds. The topological polar surface area (TPSA) is 15.3 Å². The van der Waals surface area contributed by atoms with Gasteiger partial charge < -0.3 is 10.2 Å². The van der Waals surface area contributed by atoms with Gasteiger partial charge in [-0.25, -0.2) is 0 Å². The molecule has 18 heavy (non-hydrogen) atoms. The second kappa shape index (κ2) is 5.81. The first kappa shape index (κ1) is 14.2. The van der Waals surface area contributed by atoms with Crippen molar-refractivity contribution < 1.29 is 0 Å². The maximum Gasteiger partial charge on any atom is 0.0640 e. The SMILES string of the molecule is CC(C)C1CN(c2cc(Br)ccc2Cl)C(C)CN1. The Bertz CT molecular complexity index is 422. The summed E-state index contributed by atoms with van der Waals surface area (Å²) in [5, 5.41) is 4.43. The summed E-state index contributed by atoms with van der Waals surface area (Å²) in [5.74, 6) is 0.630. The summed E-state index contributed by atoms with van der Waals surface area (Å²) in [4.78, 5) is 2.41. The highest BCUT2D eigenvalue weighted by Gasteiger charge is 2.27. The Morgan fingerprint density at radius 3 is 2.83 bits per heavy atom. The normalized spacial score (nSPS) is 24.7. The molecular formula is C14H20BrClN2. The van der Waals surface area contributed by atoms with Gasteiger partial charge in [-0.1, -0.05) is 41.4 Å². The Balaban J connectivity index is 2.26. The van der Waals surface area contributed by atoms with E-state index in [9.17, 15) is 0 Å². The molecule has 1 saturated heterocycles. The predicted molar refractivity (Wildman–Crippen MR) is 82.6 cm³/mol. The van der Waals surface area contributed by atoms with E-state index in [2.05, 4.69) is 53.0 Å². The number of benzene rings is 1. The molecule has 0 bridgehead atoms. The lowest BCUT2D eigenvalue weighted by molar-refractivity contribution is 0.337. The zero-order valence-corrected chi connectivity index (χ0v) is 13.4. The predicted octanol–water partition coefficient (Wildman–Crippen LogP) is 3.93. The third-order valence-corrected chi connectivity index (χ3v) is 4.44. The van der Waals surface area contributed by atoms with Gasteiger partial charge in [-0.3, -0.25) is 0 Å². The van der Waals surface area contributed by atoms with Gasteiger partial charge in [-0.15, -0.1) is 0 Å². The van der Waals surface area contributed by atoms with Crippen molar-refractivity contribution in [2.24, 2.45) is 5.92 Å². The molecule has 0 saturated carbocycles. The fourth-order valence-corrected chi connectivity index (χ4v) is 2.95. The Labute approximate surface area is 123 Å². The van der Waals surface area contributed by atoms with E-state index < -0.39 is 0 Å². The molecule has 1 aromatic rings. The van der Waals surface area contributed by atoms with Gasteiger partial charge in [0, 0.05) is 29.6 Å². The highest BCUT2D eigenvalue weighted by Crippen LogP contribution is 2.32. The summed E-state index contributed by atoms with van der Waals surface area (Å²) in [6.07, 6.45) is 0. The Morgan fingerprint density at radius 2 is 2.17 bits per heavy atom. The van der Waals surface area contributed by atoms with E-state index in [1.807, 2.05) is 12.1 Å². The average Bonchev–Trinajstić information content (AvgIpc) is 2.33. The van der Waals surface area contributed by atoms with Crippen LogP contribution >= 0.6 is 27.5 Å². The summed E-state index contributed by atoms with van der Waals surface area (Å²) in [7, 11) is 0. The molecule has 1 N–H and O–H groups in total. The van der Waals surface area contributed by atoms with Crippen molar-refractivity contribution in [3.63, 3.8) is 0 Å². The third kappa shape index (κ3) is 3.01. The molecule has 1 aromatic carbocycles. The molecule has 4 heteroatoms. The van der Waals surface area contributed by atoms with Crippen molar-refractivity contribution in [2.75, 3.05) is 18.0 Å². The van der Waals surface area contributed by atoms with Gasteiger partial charge in [0.1, 0.15) is 0 Å². The van der Waals surface area contributed by atoms with Crippen molar-refractivity contribution in [1.82, 2.24) is 5.32 Å². The molecule has 0 aliphatic carbocycles. The van der Waals surface area contributed by atoms with Crippen LogP contribution in [0, 0.1) is 5.92 Å². The van der Waals surface area contributed by atoms with Gasteiger partial charge in [0.2, 0.25) is 0 Å². The van der Waals surface area contributed by atoms with Crippen LogP contribution in [0.5, 0.6) is 0 Å². The maximum atomic E-state index is 6.34. The van der Waals surface area contributed by atoms with Gasteiger partial charge in [0.05, 0.1) is 10.7 Å². The van der Waals surface area contributed by atoms with E-state index in [1.165, 1.54) is 0 Å². The first-order valence-corrected chi connectivity index (χ1v) is 7.61. The van der Waals surface area contributed by atoms with Crippen LogP contribution < -0.4 is 10.2 Å². The van der Waals surface area contributed by atoms with Crippen LogP contribution in [0.1, 0.15) is 20.8 Å². The average molecular weight is 332 g/mol. The third-order valence-electron chi connectivity index (χ3n) is 3.62. The minimum atomic E-state index is 0.465. The van der Waals surface area contributed by atoms with Crippen molar-refractivity contribution >= 4 is 33.2 Å². The highest BCUT2D eigenvalue weighted by atomic mass is 79.9. The van der Waals surface area contributed by atoms with Gasteiger partial charge in [0.25, 0.3) is 0 Å². The van der Waals surface area contributed by atoms with E-state index in [0.29, 0.717) is 18.0 Å². The smallest absolute Gasteiger partial charge is 0.0640 e. The molecule has 0 radical (unpaired) electrons. The molecule has 0 aromatic heterocycles. The minimum absolute atomic E-state index is 0.465. The molecule has 1 aliphatic heterocycles. The first-order valence-electron chi connectivity index (χ1n) is 6.44. The Morgan fingerprint density at radius 1 is 1.44 bits per heavy atom. The molecule has 2 rings (SSSR count). The van der Waals surface area contributed by atoms with Crippen molar-refractivity contribution in [3.05, 3.63) is 27.7 Å². The highest BCUT2D eigenvalue weighted by molar-refractivity contribution is 9.10. The number of anilines is 1. The molecule has 2 unspecified atom stereocenters. The number of piperazine rings is 1. The fraction of sp³-hybridized carbons (Fsp3) is 0.571. The lowest BCUT2D eigenvalue weighted by Crippen LogP contribution is -2.57. The Kier molecular flexibility index (Phi) is 4.57.